The molecule has 2 aliphatic rings. The average molecular weight is 651 g/mol. The molecule has 252 valence electrons. The molecule has 3 atom stereocenters. The third-order valence-electron chi connectivity index (χ3n) is 8.85. The van der Waals surface area contributed by atoms with Gasteiger partial charge >= 0.3 is 6.09 Å². The second kappa shape index (κ2) is 16.7. The van der Waals surface area contributed by atoms with E-state index in [0.29, 0.717) is 49.4 Å². The topological polar surface area (TPSA) is 131 Å². The minimum atomic E-state index is -1.06. The molecule has 3 aromatic rings. The number of alkyl carbamates (subject to hydrolysis) is 1. The number of halogens is 2. The highest BCUT2D eigenvalue weighted by atomic mass is 19.1. The number of hydrogen-bond donors (Lipinski definition) is 4. The molecule has 2 fully saturated rings. The highest BCUT2D eigenvalue weighted by molar-refractivity contribution is 5.96. The highest BCUT2D eigenvalue weighted by Gasteiger charge is 2.29. The fourth-order valence-corrected chi connectivity index (χ4v) is 6.16. The Balaban J connectivity index is 1.12. The van der Waals surface area contributed by atoms with Gasteiger partial charge in [0, 0.05) is 31.7 Å². The van der Waals surface area contributed by atoms with Crippen LogP contribution in [0.15, 0.2) is 60.9 Å². The molecule has 2 saturated heterocycles. The Morgan fingerprint density at radius 2 is 1.72 bits per heavy atom. The van der Waals surface area contributed by atoms with Gasteiger partial charge in [0.15, 0.2) is 0 Å². The molecule has 5 rings (SSSR count). The van der Waals surface area contributed by atoms with Gasteiger partial charge in [-0.2, -0.15) is 0 Å². The molecule has 3 heterocycles. The molecular formula is C35H44F2N6O4. The number of aromatic nitrogens is 1. The quantitative estimate of drug-likeness (QED) is 0.219. The smallest absolute Gasteiger partial charge is 0.407 e. The second-order valence-electron chi connectivity index (χ2n) is 12.3. The lowest BCUT2D eigenvalue weighted by Gasteiger charge is -2.30. The first kappa shape index (κ1) is 34.4. The van der Waals surface area contributed by atoms with Gasteiger partial charge in [-0.3, -0.25) is 9.78 Å². The summed E-state index contributed by atoms with van der Waals surface area (Å²) in [6.45, 7) is 6.74. The van der Waals surface area contributed by atoms with Crippen molar-refractivity contribution in [3.05, 3.63) is 94.8 Å². The van der Waals surface area contributed by atoms with Crippen LogP contribution in [-0.2, 0) is 20.7 Å². The Morgan fingerprint density at radius 3 is 2.34 bits per heavy atom. The minimum absolute atomic E-state index is 0.0692. The van der Waals surface area contributed by atoms with Crippen LogP contribution in [0.4, 0.5) is 19.3 Å². The molecule has 12 heteroatoms. The van der Waals surface area contributed by atoms with Gasteiger partial charge in [-0.1, -0.05) is 24.3 Å². The van der Waals surface area contributed by atoms with Crippen molar-refractivity contribution in [1.82, 2.24) is 20.5 Å². The van der Waals surface area contributed by atoms with Crippen LogP contribution in [0.1, 0.15) is 47.4 Å². The van der Waals surface area contributed by atoms with Gasteiger partial charge < -0.3 is 36.1 Å². The van der Waals surface area contributed by atoms with Crippen LogP contribution < -0.4 is 21.7 Å². The van der Waals surface area contributed by atoms with E-state index in [-0.39, 0.29) is 18.8 Å². The van der Waals surface area contributed by atoms with Crippen LogP contribution in [0.2, 0.25) is 0 Å². The average Bonchev–Trinajstić information content (AvgIpc) is 3.59. The number of pyridine rings is 1. The molecule has 10 nitrogen and oxygen atoms in total. The number of carbonyl (C=O) groups is 2. The lowest BCUT2D eigenvalue weighted by molar-refractivity contribution is -0.117. The molecule has 0 unspecified atom stereocenters. The lowest BCUT2D eigenvalue weighted by Crippen LogP contribution is -2.49. The van der Waals surface area contributed by atoms with Crippen molar-refractivity contribution in [2.24, 2.45) is 5.73 Å². The third-order valence-corrected chi connectivity index (χ3v) is 8.85. The zero-order valence-electron chi connectivity index (χ0n) is 26.7. The predicted octanol–water partition coefficient (Wildman–Crippen LogP) is 3.88. The van der Waals surface area contributed by atoms with Crippen LogP contribution in [0, 0.1) is 18.6 Å². The Morgan fingerprint density at radius 1 is 1.06 bits per heavy atom. The number of hydrogen-bond acceptors (Lipinski definition) is 8. The third kappa shape index (κ3) is 9.77. The highest BCUT2D eigenvalue weighted by Crippen LogP contribution is 2.29. The predicted molar refractivity (Wildman–Crippen MR) is 175 cm³/mol. The standard InChI is InChI=1S/C35H44F2N6O4/c1-23-18-39-20-31(42-34(44)33(38)32(24-4-8-26(36)9-5-24)25-6-10-27(37)11-7-25)30(23)13-12-29-19-41-28(21-46-29)22-47-35(45)40-14-17-43-15-2-3-16-43/h4-11,18,20,28-29,32-33,41H,2-3,12-17,19,21-22,38H2,1H3,(H,40,45)(H,42,44)/t28-,29+,33-/m0/s1. The Bertz CT molecular complexity index is 1420. The van der Waals surface area contributed by atoms with Crippen molar-refractivity contribution in [3.8, 4) is 0 Å². The van der Waals surface area contributed by atoms with Crippen molar-refractivity contribution in [2.45, 2.75) is 56.7 Å². The molecular weight excluding hydrogens is 606 g/mol. The van der Waals surface area contributed by atoms with Crippen LogP contribution in [0.3, 0.4) is 0 Å². The summed E-state index contributed by atoms with van der Waals surface area (Å²) in [6.07, 6.45) is 6.59. The van der Waals surface area contributed by atoms with Crippen LogP contribution in [0.25, 0.3) is 0 Å². The Hall–Kier alpha value is -3.97. The number of nitrogens with two attached hydrogens (primary N) is 1. The Labute approximate surface area is 274 Å². The van der Waals surface area contributed by atoms with Gasteiger partial charge in [0.2, 0.25) is 5.91 Å². The van der Waals surface area contributed by atoms with E-state index in [1.54, 1.807) is 36.7 Å². The summed E-state index contributed by atoms with van der Waals surface area (Å²) >= 11 is 0. The lowest BCUT2D eigenvalue weighted by atomic mass is 9.85. The first-order chi connectivity index (χ1) is 22.8. The summed E-state index contributed by atoms with van der Waals surface area (Å²) in [5.41, 5.74) is 10.2. The summed E-state index contributed by atoms with van der Waals surface area (Å²) in [7, 11) is 0. The molecule has 0 bridgehead atoms. The van der Waals surface area contributed by atoms with Gasteiger partial charge in [0.25, 0.3) is 0 Å². The van der Waals surface area contributed by atoms with E-state index in [1.165, 1.54) is 37.1 Å². The zero-order chi connectivity index (χ0) is 33.2. The fourth-order valence-electron chi connectivity index (χ4n) is 6.16. The molecule has 2 aliphatic heterocycles. The van der Waals surface area contributed by atoms with E-state index in [2.05, 4.69) is 25.8 Å². The fraction of sp³-hybridized carbons (Fsp3) is 0.457. The van der Waals surface area contributed by atoms with Crippen molar-refractivity contribution < 1.29 is 27.8 Å². The van der Waals surface area contributed by atoms with E-state index in [9.17, 15) is 18.4 Å². The SMILES string of the molecule is Cc1cncc(NC(=O)[C@@H](N)C(c2ccc(F)cc2)c2ccc(F)cc2)c1CC[C@@H]1CN[C@H](COC(=O)NCCN2CCCC2)CO1. The molecule has 5 N–H and O–H groups in total. The molecule has 2 aromatic carbocycles. The summed E-state index contributed by atoms with van der Waals surface area (Å²) in [4.78, 5) is 32.3. The maximum Gasteiger partial charge on any atom is 0.407 e. The van der Waals surface area contributed by atoms with Gasteiger partial charge in [0.05, 0.1) is 36.7 Å². The first-order valence-corrected chi connectivity index (χ1v) is 16.3. The largest absolute Gasteiger partial charge is 0.448 e. The van der Waals surface area contributed by atoms with Crippen molar-refractivity contribution in [2.75, 3.05) is 51.3 Å². The van der Waals surface area contributed by atoms with E-state index in [0.717, 1.165) is 30.8 Å². The van der Waals surface area contributed by atoms with E-state index >= 15 is 0 Å². The number of anilines is 1. The number of ether oxygens (including phenoxy) is 2. The van der Waals surface area contributed by atoms with Gasteiger partial charge in [-0.05, 0) is 92.2 Å². The maximum absolute atomic E-state index is 13.7. The monoisotopic (exact) mass is 650 g/mol. The summed E-state index contributed by atoms with van der Waals surface area (Å²) in [5, 5.41) is 9.18. The van der Waals surface area contributed by atoms with Crippen LogP contribution >= 0.6 is 0 Å². The normalized spacial score (nSPS) is 19.0. The molecule has 2 amide bonds. The number of rotatable bonds is 13. The second-order valence-corrected chi connectivity index (χ2v) is 12.3. The number of carbonyl (C=O) groups excluding carboxylic acids is 2. The molecule has 47 heavy (non-hydrogen) atoms. The van der Waals surface area contributed by atoms with Gasteiger partial charge in [-0.15, -0.1) is 0 Å². The number of aryl methyl sites for hydroxylation is 1. The molecule has 0 aliphatic carbocycles. The molecule has 0 radical (unpaired) electrons. The molecule has 1 aromatic heterocycles. The molecule has 0 saturated carbocycles. The van der Waals surface area contributed by atoms with E-state index < -0.39 is 35.6 Å². The summed E-state index contributed by atoms with van der Waals surface area (Å²) in [5.74, 6) is -1.91. The van der Waals surface area contributed by atoms with E-state index in [4.69, 9.17) is 15.2 Å². The van der Waals surface area contributed by atoms with Gasteiger partial charge in [0.1, 0.15) is 18.2 Å². The number of morpholine rings is 1. The van der Waals surface area contributed by atoms with Crippen molar-refractivity contribution in [1.29, 1.82) is 0 Å². The first-order valence-electron chi connectivity index (χ1n) is 16.3. The number of nitrogens with zero attached hydrogens (tertiary/aromatic N) is 2. The van der Waals surface area contributed by atoms with Crippen LogP contribution in [-0.4, -0.2) is 86.0 Å². The minimum Gasteiger partial charge on any atom is -0.448 e. The number of nitrogens with one attached hydrogen (secondary N) is 3. The van der Waals surface area contributed by atoms with Gasteiger partial charge in [-0.25, -0.2) is 13.6 Å². The van der Waals surface area contributed by atoms with E-state index in [1.807, 2.05) is 6.92 Å². The van der Waals surface area contributed by atoms with Crippen molar-refractivity contribution in [3.63, 3.8) is 0 Å². The summed E-state index contributed by atoms with van der Waals surface area (Å²) in [6, 6.07) is 10.4. The number of amides is 2. The van der Waals surface area contributed by atoms with Crippen LogP contribution in [0.5, 0.6) is 0 Å². The van der Waals surface area contributed by atoms with Crippen molar-refractivity contribution >= 4 is 17.7 Å². The zero-order valence-corrected chi connectivity index (χ0v) is 26.7. The number of likely N-dealkylation sites (tertiary alicyclic amines) is 1. The molecule has 0 spiro atoms. The maximum atomic E-state index is 13.7. The Kier molecular flexibility index (Phi) is 12.2. The number of benzene rings is 2. The summed E-state index contributed by atoms with van der Waals surface area (Å²) < 4.78 is 38.9.